The number of carbonyl (C=O) groups is 3. The molecule has 0 aromatic heterocycles. The van der Waals surface area contributed by atoms with E-state index in [0.717, 1.165) is 51.5 Å². The van der Waals surface area contributed by atoms with Gasteiger partial charge >= 0.3 is 17.9 Å². The largest absolute Gasteiger partial charge is 0.462 e. The maximum absolute atomic E-state index is 13.0. The van der Waals surface area contributed by atoms with Crippen LogP contribution in [0.1, 0.15) is 131 Å². The second kappa shape index (κ2) is 23.3. The third-order valence-electron chi connectivity index (χ3n) is 6.90. The number of esters is 3. The van der Waals surface area contributed by atoms with Crippen LogP contribution in [-0.2, 0) is 28.6 Å². The molecule has 0 aliphatic rings. The Morgan fingerprint density at radius 1 is 0.690 bits per heavy atom. The fourth-order valence-electron chi connectivity index (χ4n) is 5.54. The highest BCUT2D eigenvalue weighted by Crippen LogP contribution is 2.37. The second-order valence-corrected chi connectivity index (χ2v) is 13.4. The summed E-state index contributed by atoms with van der Waals surface area (Å²) in [5.41, 5.74) is -0.159. The van der Waals surface area contributed by atoms with Crippen LogP contribution in [-0.4, -0.2) is 62.8 Å². The predicted molar refractivity (Wildman–Crippen MR) is 172 cm³/mol. The number of hydrogen-bond donors (Lipinski definition) is 0. The summed E-state index contributed by atoms with van der Waals surface area (Å²) in [5.74, 6) is -0.731. The van der Waals surface area contributed by atoms with E-state index in [2.05, 4.69) is 60.5 Å². The lowest BCUT2D eigenvalue weighted by atomic mass is 9.73. The first-order valence-electron chi connectivity index (χ1n) is 16.3. The fraction of sp³-hybridized carbons (Fsp3) is 0.800. The Labute approximate surface area is 257 Å². The molecule has 0 aromatic rings. The van der Waals surface area contributed by atoms with Gasteiger partial charge in [0, 0.05) is 19.4 Å². The van der Waals surface area contributed by atoms with E-state index in [-0.39, 0.29) is 60.9 Å². The van der Waals surface area contributed by atoms with Crippen LogP contribution in [0.25, 0.3) is 0 Å². The number of carbonyl (C=O) groups excluding carboxylic acids is 3. The molecule has 0 aliphatic heterocycles. The Kier molecular flexibility index (Phi) is 22.1. The van der Waals surface area contributed by atoms with Crippen LogP contribution < -0.4 is 0 Å². The van der Waals surface area contributed by atoms with E-state index in [0.29, 0.717) is 32.1 Å². The molecule has 0 radical (unpaired) electrons. The Bertz CT molecular complexity index is 759. The van der Waals surface area contributed by atoms with Crippen LogP contribution in [0.15, 0.2) is 24.3 Å². The monoisotopic (exact) mass is 593 g/mol. The summed E-state index contributed by atoms with van der Waals surface area (Å²) in [6.07, 6.45) is 18.0. The van der Waals surface area contributed by atoms with Crippen LogP contribution in [0.4, 0.5) is 0 Å². The highest BCUT2D eigenvalue weighted by atomic mass is 16.5. The molecule has 0 heterocycles. The highest BCUT2D eigenvalue weighted by Gasteiger charge is 2.32. The van der Waals surface area contributed by atoms with Gasteiger partial charge in [0.05, 0.1) is 6.42 Å². The normalized spacial score (nSPS) is 12.5. The third kappa shape index (κ3) is 24.4. The molecule has 7 heteroatoms. The summed E-state index contributed by atoms with van der Waals surface area (Å²) in [6.45, 7) is 14.5. The molecule has 0 saturated heterocycles. The summed E-state index contributed by atoms with van der Waals surface area (Å²) in [6, 6.07) is 0. The summed E-state index contributed by atoms with van der Waals surface area (Å²) in [7, 11) is 4.13. The Morgan fingerprint density at radius 3 is 1.60 bits per heavy atom. The summed E-state index contributed by atoms with van der Waals surface area (Å²) < 4.78 is 16.5. The summed E-state index contributed by atoms with van der Waals surface area (Å²) >= 11 is 0. The molecule has 0 spiro atoms. The average molecular weight is 594 g/mol. The van der Waals surface area contributed by atoms with Gasteiger partial charge in [0.1, 0.15) is 19.3 Å². The van der Waals surface area contributed by atoms with E-state index in [4.69, 9.17) is 14.2 Å². The maximum atomic E-state index is 13.0. The van der Waals surface area contributed by atoms with E-state index in [9.17, 15) is 14.4 Å². The summed E-state index contributed by atoms with van der Waals surface area (Å²) in [5, 5.41) is 0. The molecule has 0 saturated carbocycles. The molecule has 0 aromatic carbocycles. The molecule has 0 fully saturated rings. The van der Waals surface area contributed by atoms with Crippen molar-refractivity contribution in [1.82, 2.24) is 4.90 Å². The minimum atomic E-state index is -0.355. The standard InChI is InChI=1S/C35H63NO6/c1-9-11-13-15-17-25-40-31(37)23-19-21-30(22-20-24-32(38)41-26-18-16-14-12-10-2)42-33(39)27-34(3,4)28-35(5,6)29-36(7)8/h15-18,30H,9-14,19-29H2,1-8H3/b17-15-,18-16-. The van der Waals surface area contributed by atoms with Crippen LogP contribution in [0.2, 0.25) is 0 Å². The number of allylic oxidation sites excluding steroid dienone is 2. The molecule has 0 amide bonds. The van der Waals surface area contributed by atoms with Crippen molar-refractivity contribution in [2.45, 2.75) is 138 Å². The average Bonchev–Trinajstić information content (AvgIpc) is 2.86. The molecule has 0 atom stereocenters. The van der Waals surface area contributed by atoms with Crippen molar-refractivity contribution in [2.24, 2.45) is 10.8 Å². The zero-order chi connectivity index (χ0) is 31.9. The zero-order valence-corrected chi connectivity index (χ0v) is 28.3. The van der Waals surface area contributed by atoms with Crippen LogP contribution >= 0.6 is 0 Å². The second-order valence-electron chi connectivity index (χ2n) is 13.4. The molecular formula is C35H63NO6. The minimum absolute atomic E-state index is 0.0593. The highest BCUT2D eigenvalue weighted by molar-refractivity contribution is 5.71. The topological polar surface area (TPSA) is 82.1 Å². The van der Waals surface area contributed by atoms with Crippen LogP contribution in [0.5, 0.6) is 0 Å². The van der Waals surface area contributed by atoms with Crippen molar-refractivity contribution >= 4 is 17.9 Å². The molecule has 0 N–H and O–H groups in total. The Hall–Kier alpha value is -2.15. The first kappa shape index (κ1) is 39.8. The van der Waals surface area contributed by atoms with E-state index >= 15 is 0 Å². The lowest BCUT2D eigenvalue weighted by Crippen LogP contribution is -2.34. The van der Waals surface area contributed by atoms with Crippen molar-refractivity contribution in [3.63, 3.8) is 0 Å². The van der Waals surface area contributed by atoms with Gasteiger partial charge in [-0.3, -0.25) is 14.4 Å². The zero-order valence-electron chi connectivity index (χ0n) is 28.3. The van der Waals surface area contributed by atoms with Gasteiger partial charge in [0.25, 0.3) is 0 Å². The van der Waals surface area contributed by atoms with Crippen molar-refractivity contribution in [1.29, 1.82) is 0 Å². The van der Waals surface area contributed by atoms with E-state index < -0.39 is 0 Å². The van der Waals surface area contributed by atoms with E-state index in [1.807, 2.05) is 24.3 Å². The minimum Gasteiger partial charge on any atom is -0.462 e. The SMILES string of the molecule is CCCC/C=C\COC(=O)CCCC(CCCC(=O)OC/C=C\CCCC)OC(=O)CC(C)(C)CC(C)(C)CN(C)C. The van der Waals surface area contributed by atoms with Gasteiger partial charge in [0.15, 0.2) is 0 Å². The van der Waals surface area contributed by atoms with Crippen molar-refractivity contribution in [3.05, 3.63) is 24.3 Å². The van der Waals surface area contributed by atoms with Crippen molar-refractivity contribution in [2.75, 3.05) is 33.9 Å². The van der Waals surface area contributed by atoms with Crippen LogP contribution in [0, 0.1) is 10.8 Å². The van der Waals surface area contributed by atoms with Crippen molar-refractivity contribution in [3.8, 4) is 0 Å². The molecule has 0 bridgehead atoms. The number of rotatable bonds is 25. The van der Waals surface area contributed by atoms with Gasteiger partial charge in [0.2, 0.25) is 0 Å². The van der Waals surface area contributed by atoms with Gasteiger partial charge in [-0.1, -0.05) is 91.5 Å². The molecule has 0 aliphatic carbocycles. The lowest BCUT2D eigenvalue weighted by molar-refractivity contribution is -0.152. The maximum Gasteiger partial charge on any atom is 0.306 e. The molecular weight excluding hydrogens is 530 g/mol. The van der Waals surface area contributed by atoms with Gasteiger partial charge in [-0.2, -0.15) is 0 Å². The molecule has 42 heavy (non-hydrogen) atoms. The third-order valence-corrected chi connectivity index (χ3v) is 6.90. The Balaban J connectivity index is 4.89. The molecule has 7 nitrogen and oxygen atoms in total. The molecule has 0 rings (SSSR count). The lowest BCUT2D eigenvalue weighted by Gasteiger charge is -2.36. The van der Waals surface area contributed by atoms with Crippen LogP contribution in [0.3, 0.4) is 0 Å². The van der Waals surface area contributed by atoms with Gasteiger partial charge in [-0.15, -0.1) is 0 Å². The van der Waals surface area contributed by atoms with Gasteiger partial charge < -0.3 is 19.1 Å². The van der Waals surface area contributed by atoms with Gasteiger partial charge in [-0.05, 0) is 69.9 Å². The quantitative estimate of drug-likeness (QED) is 0.0456. The van der Waals surface area contributed by atoms with E-state index in [1.165, 1.54) is 0 Å². The first-order valence-corrected chi connectivity index (χ1v) is 16.3. The first-order chi connectivity index (χ1) is 19.8. The van der Waals surface area contributed by atoms with E-state index in [1.54, 1.807) is 0 Å². The smallest absolute Gasteiger partial charge is 0.306 e. The predicted octanol–water partition coefficient (Wildman–Crippen LogP) is 8.21. The molecule has 0 unspecified atom stereocenters. The van der Waals surface area contributed by atoms with Gasteiger partial charge in [-0.25, -0.2) is 0 Å². The number of hydrogen-bond acceptors (Lipinski definition) is 7. The fourth-order valence-corrected chi connectivity index (χ4v) is 5.54. The summed E-state index contributed by atoms with van der Waals surface area (Å²) in [4.78, 5) is 39.6. The van der Waals surface area contributed by atoms with Crippen molar-refractivity contribution < 1.29 is 28.6 Å². The number of ether oxygens (including phenoxy) is 3. The number of nitrogens with zero attached hydrogens (tertiary/aromatic N) is 1. The number of unbranched alkanes of at least 4 members (excludes halogenated alkanes) is 4. The molecule has 244 valence electrons. The Morgan fingerprint density at radius 2 is 1.17 bits per heavy atom.